The minimum absolute atomic E-state index is 0.196. The van der Waals surface area contributed by atoms with Gasteiger partial charge in [0, 0.05) is 39.3 Å². The van der Waals surface area contributed by atoms with Crippen molar-refractivity contribution in [3.05, 3.63) is 35.4 Å². The van der Waals surface area contributed by atoms with Crippen LogP contribution in [0.1, 0.15) is 11.1 Å². The Morgan fingerprint density at radius 1 is 1.04 bits per heavy atom. The summed E-state index contributed by atoms with van der Waals surface area (Å²) in [5, 5.41) is 0. The Bertz CT molecular complexity index is 580. The van der Waals surface area contributed by atoms with Gasteiger partial charge in [0.05, 0.1) is 13.0 Å². The number of amides is 2. The first-order chi connectivity index (χ1) is 11.6. The van der Waals surface area contributed by atoms with Gasteiger partial charge in [-0.25, -0.2) is 4.79 Å². The lowest BCUT2D eigenvalue weighted by molar-refractivity contribution is -0.132. The molecule has 0 bridgehead atoms. The maximum atomic E-state index is 12.4. The maximum absolute atomic E-state index is 12.4. The lowest BCUT2D eigenvalue weighted by Crippen LogP contribution is -2.50. The highest BCUT2D eigenvalue weighted by molar-refractivity contribution is 5.78. The van der Waals surface area contributed by atoms with E-state index >= 15 is 0 Å². The summed E-state index contributed by atoms with van der Waals surface area (Å²) in [6.07, 6.45) is 0.266. The molecule has 0 unspecified atom stereocenters. The first-order valence-corrected chi connectivity index (χ1v) is 8.59. The molecular formula is C18H25N3O3. The normalized spacial score (nSPS) is 18.8. The van der Waals surface area contributed by atoms with Gasteiger partial charge >= 0.3 is 6.09 Å². The van der Waals surface area contributed by atoms with Gasteiger partial charge in [-0.05, 0) is 12.5 Å². The van der Waals surface area contributed by atoms with E-state index in [9.17, 15) is 9.59 Å². The van der Waals surface area contributed by atoms with Crippen LogP contribution in [-0.2, 0) is 16.0 Å². The predicted molar refractivity (Wildman–Crippen MR) is 90.8 cm³/mol. The van der Waals surface area contributed by atoms with E-state index < -0.39 is 0 Å². The van der Waals surface area contributed by atoms with Gasteiger partial charge in [0.1, 0.15) is 6.61 Å². The summed E-state index contributed by atoms with van der Waals surface area (Å²) in [6, 6.07) is 8.14. The van der Waals surface area contributed by atoms with Crippen molar-refractivity contribution in [2.24, 2.45) is 0 Å². The molecule has 2 aliphatic heterocycles. The number of hydrogen-bond donors (Lipinski definition) is 0. The first-order valence-electron chi connectivity index (χ1n) is 8.59. The van der Waals surface area contributed by atoms with Crippen LogP contribution in [-0.4, -0.2) is 79.1 Å². The molecule has 2 heterocycles. The van der Waals surface area contributed by atoms with Crippen LogP contribution in [0.3, 0.4) is 0 Å². The fraction of sp³-hybridized carbons (Fsp3) is 0.556. The summed E-state index contributed by atoms with van der Waals surface area (Å²) in [5.41, 5.74) is 2.28. The molecule has 130 valence electrons. The van der Waals surface area contributed by atoms with Crippen molar-refractivity contribution in [3.8, 4) is 0 Å². The fourth-order valence-electron chi connectivity index (χ4n) is 3.10. The summed E-state index contributed by atoms with van der Waals surface area (Å²) in [6.45, 7) is 8.03. The van der Waals surface area contributed by atoms with E-state index in [4.69, 9.17) is 4.74 Å². The lowest BCUT2D eigenvalue weighted by atomic mass is 10.1. The van der Waals surface area contributed by atoms with Gasteiger partial charge in [0.2, 0.25) is 5.91 Å². The number of carbonyl (C=O) groups excluding carboxylic acids is 2. The summed E-state index contributed by atoms with van der Waals surface area (Å²) >= 11 is 0. The molecule has 0 spiro atoms. The summed E-state index contributed by atoms with van der Waals surface area (Å²) in [5.74, 6) is 0.196. The molecule has 0 radical (unpaired) electrons. The van der Waals surface area contributed by atoms with Crippen molar-refractivity contribution in [1.82, 2.24) is 14.7 Å². The van der Waals surface area contributed by atoms with Crippen molar-refractivity contribution < 1.29 is 14.3 Å². The summed E-state index contributed by atoms with van der Waals surface area (Å²) in [4.78, 5) is 29.8. The third-order valence-electron chi connectivity index (χ3n) is 4.73. The standard InChI is InChI=1S/C18H25N3O3/c1-15-2-4-16(5-3-15)14-17(22)20-9-6-19(7-10-20)8-11-21-12-13-24-18(21)23/h2-5H,6-14H2,1H3. The molecule has 0 aromatic heterocycles. The fourth-order valence-corrected chi connectivity index (χ4v) is 3.10. The van der Waals surface area contributed by atoms with Crippen LogP contribution in [0, 0.1) is 6.92 Å². The lowest BCUT2D eigenvalue weighted by Gasteiger charge is -2.35. The maximum Gasteiger partial charge on any atom is 0.409 e. The molecule has 6 nitrogen and oxygen atoms in total. The molecule has 0 N–H and O–H groups in total. The number of rotatable bonds is 5. The number of hydrogen-bond acceptors (Lipinski definition) is 4. The van der Waals surface area contributed by atoms with Gasteiger partial charge in [-0.3, -0.25) is 9.69 Å². The number of ether oxygens (including phenoxy) is 1. The second-order valence-corrected chi connectivity index (χ2v) is 6.49. The second kappa shape index (κ2) is 7.66. The average Bonchev–Trinajstić information content (AvgIpc) is 3.00. The van der Waals surface area contributed by atoms with E-state index in [0.717, 1.165) is 38.3 Å². The van der Waals surface area contributed by atoms with Crippen LogP contribution in [0.25, 0.3) is 0 Å². The van der Waals surface area contributed by atoms with Crippen molar-refractivity contribution >= 4 is 12.0 Å². The number of cyclic esters (lactones) is 1. The average molecular weight is 331 g/mol. The third-order valence-corrected chi connectivity index (χ3v) is 4.73. The van der Waals surface area contributed by atoms with Gasteiger partial charge in [-0.15, -0.1) is 0 Å². The van der Waals surface area contributed by atoms with Gasteiger partial charge in [-0.2, -0.15) is 0 Å². The van der Waals surface area contributed by atoms with Crippen molar-refractivity contribution in [1.29, 1.82) is 0 Å². The first kappa shape index (κ1) is 16.8. The number of piperazine rings is 1. The molecule has 24 heavy (non-hydrogen) atoms. The SMILES string of the molecule is Cc1ccc(CC(=O)N2CCN(CCN3CCOC3=O)CC2)cc1. The molecule has 2 fully saturated rings. The van der Waals surface area contributed by atoms with Gasteiger partial charge in [0.25, 0.3) is 0 Å². The number of aryl methyl sites for hydroxylation is 1. The molecule has 2 amide bonds. The molecule has 0 saturated carbocycles. The monoisotopic (exact) mass is 331 g/mol. The highest BCUT2D eigenvalue weighted by atomic mass is 16.6. The van der Waals surface area contributed by atoms with Gasteiger partial charge in [-0.1, -0.05) is 29.8 Å². The van der Waals surface area contributed by atoms with Crippen LogP contribution in [0.15, 0.2) is 24.3 Å². The molecule has 3 rings (SSSR count). The van der Waals surface area contributed by atoms with Gasteiger partial charge < -0.3 is 14.5 Å². The molecular weight excluding hydrogens is 306 g/mol. The quantitative estimate of drug-likeness (QED) is 0.812. The van der Waals surface area contributed by atoms with Crippen molar-refractivity contribution in [3.63, 3.8) is 0 Å². The van der Waals surface area contributed by atoms with E-state index in [0.29, 0.717) is 26.1 Å². The zero-order valence-corrected chi connectivity index (χ0v) is 14.2. The summed E-state index contributed by atoms with van der Waals surface area (Å²) < 4.78 is 4.93. The predicted octanol–water partition coefficient (Wildman–Crippen LogP) is 1.13. The van der Waals surface area contributed by atoms with Crippen molar-refractivity contribution in [2.45, 2.75) is 13.3 Å². The Balaban J connectivity index is 1.40. The topological polar surface area (TPSA) is 53.1 Å². The molecule has 1 aromatic rings. The van der Waals surface area contributed by atoms with E-state index in [1.807, 2.05) is 36.1 Å². The minimum atomic E-state index is -0.207. The van der Waals surface area contributed by atoms with Crippen LogP contribution in [0.2, 0.25) is 0 Å². The number of carbonyl (C=O) groups is 2. The molecule has 2 saturated heterocycles. The number of nitrogens with zero attached hydrogens (tertiary/aromatic N) is 3. The molecule has 2 aliphatic rings. The van der Waals surface area contributed by atoms with E-state index in [2.05, 4.69) is 4.90 Å². The van der Waals surface area contributed by atoms with E-state index in [1.165, 1.54) is 5.56 Å². The Labute approximate surface area is 143 Å². The molecule has 1 aromatic carbocycles. The molecule has 0 atom stereocenters. The van der Waals surface area contributed by atoms with E-state index in [1.54, 1.807) is 4.90 Å². The Hall–Kier alpha value is -2.08. The second-order valence-electron chi connectivity index (χ2n) is 6.49. The Morgan fingerprint density at radius 2 is 1.75 bits per heavy atom. The van der Waals surface area contributed by atoms with Gasteiger partial charge in [0.15, 0.2) is 0 Å². The van der Waals surface area contributed by atoms with Crippen LogP contribution in [0.4, 0.5) is 4.79 Å². The van der Waals surface area contributed by atoms with E-state index in [-0.39, 0.29) is 12.0 Å². The summed E-state index contributed by atoms with van der Waals surface area (Å²) in [7, 11) is 0. The smallest absolute Gasteiger partial charge is 0.409 e. The Morgan fingerprint density at radius 3 is 2.38 bits per heavy atom. The van der Waals surface area contributed by atoms with Crippen LogP contribution in [0.5, 0.6) is 0 Å². The van der Waals surface area contributed by atoms with Crippen LogP contribution >= 0.6 is 0 Å². The molecule has 0 aliphatic carbocycles. The highest BCUT2D eigenvalue weighted by Crippen LogP contribution is 2.09. The van der Waals surface area contributed by atoms with Crippen molar-refractivity contribution in [2.75, 3.05) is 52.4 Å². The van der Waals surface area contributed by atoms with Crippen LogP contribution < -0.4 is 0 Å². The third kappa shape index (κ3) is 4.26. The minimum Gasteiger partial charge on any atom is -0.448 e. The largest absolute Gasteiger partial charge is 0.448 e. The number of benzene rings is 1. The highest BCUT2D eigenvalue weighted by Gasteiger charge is 2.24. The molecule has 6 heteroatoms. The zero-order valence-electron chi connectivity index (χ0n) is 14.2. The zero-order chi connectivity index (χ0) is 16.9. The Kier molecular flexibility index (Phi) is 5.35.